The predicted molar refractivity (Wildman–Crippen MR) is 46.3 cm³/mol. The number of carbonyl (C=O) groups excluding carboxylic acids is 1. The zero-order valence-corrected chi connectivity index (χ0v) is 8.30. The number of ether oxygens (including phenoxy) is 1. The van der Waals surface area contributed by atoms with Crippen molar-refractivity contribution in [2.75, 3.05) is 33.3 Å². The molecule has 15 heavy (non-hydrogen) atoms. The zero-order chi connectivity index (χ0) is 11.5. The molecule has 1 aliphatic rings. The molecule has 1 aliphatic heterocycles. The summed E-state index contributed by atoms with van der Waals surface area (Å²) >= 11 is 0. The number of alkyl halides is 3. The number of methoxy groups -OCH3 is 1. The van der Waals surface area contributed by atoms with Crippen LogP contribution in [0.1, 0.15) is 0 Å². The van der Waals surface area contributed by atoms with Crippen molar-refractivity contribution in [3.8, 4) is 0 Å². The normalized spacial score (nSPS) is 23.9. The van der Waals surface area contributed by atoms with E-state index in [-0.39, 0.29) is 19.6 Å². The SMILES string of the molecule is COC(=O)CN1CCNC[C@@H]1C(F)(F)F. The lowest BCUT2D eigenvalue weighted by Gasteiger charge is -2.36. The topological polar surface area (TPSA) is 41.6 Å². The summed E-state index contributed by atoms with van der Waals surface area (Å²) in [4.78, 5) is 12.0. The minimum atomic E-state index is -4.32. The molecule has 1 N–H and O–H groups in total. The van der Waals surface area contributed by atoms with Gasteiger partial charge in [-0.3, -0.25) is 9.69 Å². The second kappa shape index (κ2) is 4.80. The molecule has 0 aliphatic carbocycles. The maximum atomic E-state index is 12.5. The van der Waals surface area contributed by atoms with Gasteiger partial charge in [-0.2, -0.15) is 13.2 Å². The summed E-state index contributed by atoms with van der Waals surface area (Å²) in [5.74, 6) is -0.647. The lowest BCUT2D eigenvalue weighted by Crippen LogP contribution is -2.58. The third-order valence-corrected chi connectivity index (χ3v) is 2.29. The van der Waals surface area contributed by atoms with E-state index in [2.05, 4.69) is 10.1 Å². The van der Waals surface area contributed by atoms with Crippen LogP contribution in [0.4, 0.5) is 13.2 Å². The Hall–Kier alpha value is -0.820. The molecule has 7 heteroatoms. The number of hydrogen-bond acceptors (Lipinski definition) is 4. The largest absolute Gasteiger partial charge is 0.468 e. The number of nitrogens with one attached hydrogen (secondary N) is 1. The van der Waals surface area contributed by atoms with Gasteiger partial charge in [-0.25, -0.2) is 0 Å². The summed E-state index contributed by atoms with van der Waals surface area (Å²) in [6, 6.07) is -1.61. The molecule has 0 aromatic heterocycles. The van der Waals surface area contributed by atoms with Crippen molar-refractivity contribution in [3.63, 3.8) is 0 Å². The van der Waals surface area contributed by atoms with Crippen LogP contribution in [0.3, 0.4) is 0 Å². The highest BCUT2D eigenvalue weighted by Gasteiger charge is 2.45. The van der Waals surface area contributed by atoms with E-state index in [1.54, 1.807) is 0 Å². The van der Waals surface area contributed by atoms with Crippen molar-refractivity contribution in [2.45, 2.75) is 12.2 Å². The quantitative estimate of drug-likeness (QED) is 0.673. The average molecular weight is 226 g/mol. The molecule has 0 amide bonds. The molecule has 0 spiro atoms. The van der Waals surface area contributed by atoms with E-state index in [0.29, 0.717) is 6.54 Å². The molecule has 0 aromatic rings. The first-order chi connectivity index (χ1) is 6.95. The van der Waals surface area contributed by atoms with Crippen molar-refractivity contribution in [1.29, 1.82) is 0 Å². The second-order valence-corrected chi connectivity index (χ2v) is 3.31. The Kier molecular flexibility index (Phi) is 3.92. The summed E-state index contributed by atoms with van der Waals surface area (Å²) in [6.07, 6.45) is -4.32. The summed E-state index contributed by atoms with van der Waals surface area (Å²) in [7, 11) is 1.16. The van der Waals surface area contributed by atoms with Crippen LogP contribution in [0.15, 0.2) is 0 Å². The van der Waals surface area contributed by atoms with E-state index in [4.69, 9.17) is 0 Å². The summed E-state index contributed by atoms with van der Waals surface area (Å²) in [6.45, 7) is 0.145. The van der Waals surface area contributed by atoms with E-state index in [1.165, 1.54) is 0 Å². The Balaban J connectivity index is 2.62. The number of nitrogens with zero attached hydrogens (tertiary/aromatic N) is 1. The van der Waals surface area contributed by atoms with Gasteiger partial charge in [0, 0.05) is 19.6 Å². The molecule has 1 rings (SSSR count). The molecule has 0 unspecified atom stereocenters. The first-order valence-corrected chi connectivity index (χ1v) is 4.53. The molecular formula is C8H13F3N2O2. The van der Waals surface area contributed by atoms with Gasteiger partial charge in [0.2, 0.25) is 0 Å². The van der Waals surface area contributed by atoms with E-state index in [0.717, 1.165) is 12.0 Å². The lowest BCUT2D eigenvalue weighted by atomic mass is 10.2. The highest BCUT2D eigenvalue weighted by Crippen LogP contribution is 2.25. The number of carbonyl (C=O) groups is 1. The summed E-state index contributed by atoms with van der Waals surface area (Å²) in [5.41, 5.74) is 0. The molecular weight excluding hydrogens is 213 g/mol. The fourth-order valence-electron chi connectivity index (χ4n) is 1.49. The van der Waals surface area contributed by atoms with Crippen molar-refractivity contribution in [2.24, 2.45) is 0 Å². The van der Waals surface area contributed by atoms with Crippen LogP contribution in [-0.4, -0.2) is 56.4 Å². The van der Waals surface area contributed by atoms with Crippen molar-refractivity contribution < 1.29 is 22.7 Å². The molecule has 0 aromatic carbocycles. The Morgan fingerprint density at radius 3 is 2.80 bits per heavy atom. The molecule has 1 saturated heterocycles. The number of esters is 1. The summed E-state index contributed by atoms with van der Waals surface area (Å²) < 4.78 is 41.9. The lowest BCUT2D eigenvalue weighted by molar-refractivity contribution is -0.189. The Morgan fingerprint density at radius 1 is 1.60 bits per heavy atom. The molecule has 1 atom stereocenters. The smallest absolute Gasteiger partial charge is 0.405 e. The van der Waals surface area contributed by atoms with E-state index in [9.17, 15) is 18.0 Å². The average Bonchev–Trinajstić information content (AvgIpc) is 2.17. The van der Waals surface area contributed by atoms with E-state index in [1.807, 2.05) is 0 Å². The van der Waals surface area contributed by atoms with Crippen LogP contribution in [0.25, 0.3) is 0 Å². The Labute approximate surface area is 85.4 Å². The third-order valence-electron chi connectivity index (χ3n) is 2.29. The second-order valence-electron chi connectivity index (χ2n) is 3.31. The molecule has 0 saturated carbocycles. The molecule has 0 radical (unpaired) electrons. The van der Waals surface area contributed by atoms with Crippen LogP contribution in [0.5, 0.6) is 0 Å². The van der Waals surface area contributed by atoms with Crippen LogP contribution in [-0.2, 0) is 9.53 Å². The number of hydrogen-bond donors (Lipinski definition) is 1. The summed E-state index contributed by atoms with van der Waals surface area (Å²) in [5, 5.41) is 2.65. The first kappa shape index (κ1) is 12.3. The van der Waals surface area contributed by atoms with Gasteiger partial charge in [0.1, 0.15) is 6.04 Å². The van der Waals surface area contributed by atoms with Gasteiger partial charge in [0.15, 0.2) is 0 Å². The highest BCUT2D eigenvalue weighted by atomic mass is 19.4. The van der Waals surface area contributed by atoms with Gasteiger partial charge in [0.25, 0.3) is 0 Å². The van der Waals surface area contributed by atoms with Gasteiger partial charge in [-0.05, 0) is 0 Å². The first-order valence-electron chi connectivity index (χ1n) is 4.53. The van der Waals surface area contributed by atoms with Crippen molar-refractivity contribution >= 4 is 5.97 Å². The molecule has 1 heterocycles. The Morgan fingerprint density at radius 2 is 2.27 bits per heavy atom. The van der Waals surface area contributed by atoms with Gasteiger partial charge < -0.3 is 10.1 Å². The molecule has 4 nitrogen and oxygen atoms in total. The maximum Gasteiger partial charge on any atom is 0.405 e. The van der Waals surface area contributed by atoms with Crippen LogP contribution in [0.2, 0.25) is 0 Å². The van der Waals surface area contributed by atoms with Crippen molar-refractivity contribution in [3.05, 3.63) is 0 Å². The van der Waals surface area contributed by atoms with E-state index < -0.39 is 18.2 Å². The minimum Gasteiger partial charge on any atom is -0.468 e. The fraction of sp³-hybridized carbons (Fsp3) is 0.875. The highest BCUT2D eigenvalue weighted by molar-refractivity contribution is 5.71. The minimum absolute atomic E-state index is 0.180. The third kappa shape index (κ3) is 3.35. The van der Waals surface area contributed by atoms with Crippen LogP contribution >= 0.6 is 0 Å². The predicted octanol–water partition coefficient (Wildman–Crippen LogP) is -0.00450. The maximum absolute atomic E-state index is 12.5. The number of piperazine rings is 1. The molecule has 88 valence electrons. The standard InChI is InChI=1S/C8H13F3N2O2/c1-15-7(14)5-13-3-2-12-4-6(13)8(9,10)11/h6,12H,2-5H2,1H3/t6-/m1/s1. The molecule has 1 fully saturated rings. The monoisotopic (exact) mass is 226 g/mol. The Bertz CT molecular complexity index is 232. The van der Waals surface area contributed by atoms with Gasteiger partial charge in [-0.1, -0.05) is 0 Å². The number of rotatable bonds is 2. The number of halogens is 3. The van der Waals surface area contributed by atoms with Crippen molar-refractivity contribution in [1.82, 2.24) is 10.2 Å². The zero-order valence-electron chi connectivity index (χ0n) is 8.30. The van der Waals surface area contributed by atoms with E-state index >= 15 is 0 Å². The van der Waals surface area contributed by atoms with Crippen LogP contribution in [0, 0.1) is 0 Å². The van der Waals surface area contributed by atoms with Gasteiger partial charge in [-0.15, -0.1) is 0 Å². The fourth-order valence-corrected chi connectivity index (χ4v) is 1.49. The molecule has 0 bridgehead atoms. The van der Waals surface area contributed by atoms with Gasteiger partial charge >= 0.3 is 12.1 Å². The van der Waals surface area contributed by atoms with Crippen LogP contribution < -0.4 is 5.32 Å². The van der Waals surface area contributed by atoms with Gasteiger partial charge in [0.05, 0.1) is 13.7 Å².